The van der Waals surface area contributed by atoms with Crippen molar-refractivity contribution in [3.05, 3.63) is 46.2 Å². The van der Waals surface area contributed by atoms with Crippen LogP contribution in [-0.2, 0) is 0 Å². The Labute approximate surface area is 116 Å². The number of nitrogens with zero attached hydrogens (tertiary/aromatic N) is 2. The SMILES string of the molecule is Cc1ccccc1-n1nc(C(C)C)c(C(=O)O)c1Cl. The fourth-order valence-corrected chi connectivity index (χ4v) is 2.28. The van der Waals surface area contributed by atoms with E-state index in [-0.39, 0.29) is 16.6 Å². The van der Waals surface area contributed by atoms with E-state index in [2.05, 4.69) is 5.10 Å². The summed E-state index contributed by atoms with van der Waals surface area (Å²) in [6, 6.07) is 7.58. The molecule has 0 spiro atoms. The number of hydrogen-bond acceptors (Lipinski definition) is 2. The molecule has 2 aromatic rings. The molecule has 0 saturated heterocycles. The summed E-state index contributed by atoms with van der Waals surface area (Å²) in [6.07, 6.45) is 0. The molecule has 0 unspecified atom stereocenters. The second-order valence-corrected chi connectivity index (χ2v) is 5.07. The maximum absolute atomic E-state index is 11.3. The largest absolute Gasteiger partial charge is 0.478 e. The average molecular weight is 279 g/mol. The molecule has 4 nitrogen and oxygen atoms in total. The quantitative estimate of drug-likeness (QED) is 0.932. The number of carboxylic acid groups (broad SMARTS) is 1. The van der Waals surface area contributed by atoms with Gasteiger partial charge in [-0.1, -0.05) is 43.6 Å². The molecule has 1 aromatic carbocycles. The minimum absolute atomic E-state index is 0.00568. The highest BCUT2D eigenvalue weighted by molar-refractivity contribution is 6.33. The molecule has 1 heterocycles. The third kappa shape index (κ3) is 2.36. The summed E-state index contributed by atoms with van der Waals surface area (Å²) in [7, 11) is 0. The maximum atomic E-state index is 11.3. The van der Waals surface area contributed by atoms with E-state index in [1.54, 1.807) is 0 Å². The Kier molecular flexibility index (Phi) is 3.62. The molecule has 1 N–H and O–H groups in total. The first-order valence-electron chi connectivity index (χ1n) is 6.01. The molecule has 0 saturated carbocycles. The van der Waals surface area contributed by atoms with Crippen LogP contribution in [0.4, 0.5) is 0 Å². The van der Waals surface area contributed by atoms with Gasteiger partial charge < -0.3 is 5.11 Å². The van der Waals surface area contributed by atoms with Gasteiger partial charge in [-0.3, -0.25) is 0 Å². The van der Waals surface area contributed by atoms with Gasteiger partial charge in [-0.2, -0.15) is 5.10 Å². The summed E-state index contributed by atoms with van der Waals surface area (Å²) in [6.45, 7) is 5.73. The molecular weight excluding hydrogens is 264 g/mol. The minimum Gasteiger partial charge on any atom is -0.478 e. The molecule has 0 aliphatic carbocycles. The highest BCUT2D eigenvalue weighted by Gasteiger charge is 2.25. The van der Waals surface area contributed by atoms with Gasteiger partial charge in [0.15, 0.2) is 0 Å². The minimum atomic E-state index is -1.05. The van der Waals surface area contributed by atoms with Crippen LogP contribution in [0.25, 0.3) is 5.69 Å². The molecule has 0 fully saturated rings. The monoisotopic (exact) mass is 278 g/mol. The summed E-state index contributed by atoms with van der Waals surface area (Å²) in [5.41, 5.74) is 2.36. The summed E-state index contributed by atoms with van der Waals surface area (Å²) in [4.78, 5) is 11.3. The van der Waals surface area contributed by atoms with E-state index in [4.69, 9.17) is 11.6 Å². The highest BCUT2D eigenvalue weighted by atomic mass is 35.5. The topological polar surface area (TPSA) is 55.1 Å². The van der Waals surface area contributed by atoms with Crippen molar-refractivity contribution in [3.8, 4) is 5.69 Å². The van der Waals surface area contributed by atoms with Gasteiger partial charge in [-0.25, -0.2) is 9.48 Å². The summed E-state index contributed by atoms with van der Waals surface area (Å²) >= 11 is 6.19. The molecule has 5 heteroatoms. The lowest BCUT2D eigenvalue weighted by atomic mass is 10.1. The van der Waals surface area contributed by atoms with Gasteiger partial charge in [0, 0.05) is 0 Å². The fourth-order valence-electron chi connectivity index (χ4n) is 1.98. The standard InChI is InChI=1S/C14H15ClN2O2/c1-8(2)12-11(14(18)19)13(15)17(16-12)10-7-5-4-6-9(10)3/h4-8H,1-3H3,(H,18,19). The number of aromatic carboxylic acids is 1. The van der Waals surface area contributed by atoms with Crippen LogP contribution in [0.15, 0.2) is 24.3 Å². The molecule has 0 amide bonds. The first-order chi connectivity index (χ1) is 8.93. The normalized spacial score (nSPS) is 11.0. The van der Waals surface area contributed by atoms with Gasteiger partial charge in [-0.05, 0) is 24.5 Å². The van der Waals surface area contributed by atoms with Crippen molar-refractivity contribution in [2.24, 2.45) is 0 Å². The molecule has 100 valence electrons. The number of para-hydroxylation sites is 1. The van der Waals surface area contributed by atoms with Crippen molar-refractivity contribution in [3.63, 3.8) is 0 Å². The number of rotatable bonds is 3. The number of aromatic nitrogens is 2. The third-order valence-corrected chi connectivity index (χ3v) is 3.31. The van der Waals surface area contributed by atoms with Crippen molar-refractivity contribution in [1.29, 1.82) is 0 Å². The van der Waals surface area contributed by atoms with E-state index in [1.165, 1.54) is 4.68 Å². The second kappa shape index (κ2) is 5.05. The van der Waals surface area contributed by atoms with Gasteiger partial charge in [0.25, 0.3) is 0 Å². The summed E-state index contributed by atoms with van der Waals surface area (Å²) in [5.74, 6) is -1.05. The number of carbonyl (C=O) groups is 1. The Morgan fingerprint density at radius 2 is 2.00 bits per heavy atom. The molecule has 0 aliphatic heterocycles. The van der Waals surface area contributed by atoms with Crippen LogP contribution >= 0.6 is 11.6 Å². The zero-order valence-corrected chi connectivity index (χ0v) is 11.8. The number of halogens is 1. The van der Waals surface area contributed by atoms with Gasteiger partial charge in [-0.15, -0.1) is 0 Å². The molecule has 0 aliphatic rings. The van der Waals surface area contributed by atoms with E-state index in [0.717, 1.165) is 11.3 Å². The van der Waals surface area contributed by atoms with Crippen LogP contribution in [0.3, 0.4) is 0 Å². The van der Waals surface area contributed by atoms with Crippen LogP contribution in [-0.4, -0.2) is 20.9 Å². The van der Waals surface area contributed by atoms with E-state index >= 15 is 0 Å². The second-order valence-electron chi connectivity index (χ2n) is 4.71. The Balaban J connectivity index is 2.70. The number of aryl methyl sites for hydroxylation is 1. The lowest BCUT2D eigenvalue weighted by Gasteiger charge is -2.06. The average Bonchev–Trinajstić information content (AvgIpc) is 2.68. The predicted molar refractivity (Wildman–Crippen MR) is 74.4 cm³/mol. The molecule has 19 heavy (non-hydrogen) atoms. The van der Waals surface area contributed by atoms with Gasteiger partial charge >= 0.3 is 5.97 Å². The Morgan fingerprint density at radius 1 is 1.37 bits per heavy atom. The third-order valence-electron chi connectivity index (χ3n) is 2.96. The Bertz CT molecular complexity index is 632. The lowest BCUT2D eigenvalue weighted by molar-refractivity contribution is 0.0695. The van der Waals surface area contributed by atoms with Gasteiger partial charge in [0.05, 0.1) is 11.4 Å². The van der Waals surface area contributed by atoms with Gasteiger partial charge in [0.2, 0.25) is 0 Å². The molecule has 0 bridgehead atoms. The Morgan fingerprint density at radius 3 is 2.47 bits per heavy atom. The number of hydrogen-bond donors (Lipinski definition) is 1. The molecule has 2 rings (SSSR count). The zero-order valence-electron chi connectivity index (χ0n) is 11.0. The van der Waals surface area contributed by atoms with E-state index in [9.17, 15) is 9.90 Å². The number of carboxylic acids is 1. The number of benzene rings is 1. The van der Waals surface area contributed by atoms with Crippen LogP contribution in [0.5, 0.6) is 0 Å². The van der Waals surface area contributed by atoms with Crippen molar-refractivity contribution in [1.82, 2.24) is 9.78 Å². The first-order valence-corrected chi connectivity index (χ1v) is 6.39. The molecular formula is C14H15ClN2O2. The smallest absolute Gasteiger partial charge is 0.340 e. The lowest BCUT2D eigenvalue weighted by Crippen LogP contribution is -2.01. The zero-order chi connectivity index (χ0) is 14.2. The van der Waals surface area contributed by atoms with Crippen molar-refractivity contribution in [2.75, 3.05) is 0 Å². The van der Waals surface area contributed by atoms with E-state index in [1.807, 2.05) is 45.0 Å². The summed E-state index contributed by atoms with van der Waals surface area (Å²) < 4.78 is 1.50. The van der Waals surface area contributed by atoms with Crippen molar-refractivity contribution < 1.29 is 9.90 Å². The van der Waals surface area contributed by atoms with Crippen LogP contribution in [0.2, 0.25) is 5.15 Å². The molecule has 0 atom stereocenters. The first kappa shape index (κ1) is 13.6. The van der Waals surface area contributed by atoms with Crippen LogP contribution in [0, 0.1) is 6.92 Å². The van der Waals surface area contributed by atoms with Crippen LogP contribution in [0.1, 0.15) is 41.4 Å². The fraction of sp³-hybridized carbons (Fsp3) is 0.286. The maximum Gasteiger partial charge on any atom is 0.340 e. The van der Waals surface area contributed by atoms with E-state index < -0.39 is 5.97 Å². The predicted octanol–water partition coefficient (Wildman–Crippen LogP) is 3.66. The van der Waals surface area contributed by atoms with E-state index in [0.29, 0.717) is 5.69 Å². The van der Waals surface area contributed by atoms with Crippen molar-refractivity contribution in [2.45, 2.75) is 26.7 Å². The van der Waals surface area contributed by atoms with Gasteiger partial charge in [0.1, 0.15) is 10.7 Å². The van der Waals surface area contributed by atoms with Crippen molar-refractivity contribution >= 4 is 17.6 Å². The Hall–Kier alpha value is -1.81. The molecule has 0 radical (unpaired) electrons. The molecule has 1 aromatic heterocycles. The summed E-state index contributed by atoms with van der Waals surface area (Å²) in [5, 5.41) is 13.8. The highest BCUT2D eigenvalue weighted by Crippen LogP contribution is 2.29. The van der Waals surface area contributed by atoms with Crippen LogP contribution < -0.4 is 0 Å².